The highest BCUT2D eigenvalue weighted by atomic mass is 16.2. The number of likely N-dealkylation sites (N-methyl/N-ethyl adjacent to an activating group) is 1. The number of rotatable bonds is 3. The minimum Gasteiger partial charge on any atom is -0.388 e. The minimum absolute atomic E-state index is 0.00213. The summed E-state index contributed by atoms with van der Waals surface area (Å²) >= 11 is 0. The van der Waals surface area contributed by atoms with Crippen LogP contribution in [0.1, 0.15) is 20.8 Å². The molecule has 12 heavy (non-hydrogen) atoms. The quantitative estimate of drug-likeness (QED) is 0.488. The van der Waals surface area contributed by atoms with Crippen molar-refractivity contribution < 1.29 is 4.79 Å². The van der Waals surface area contributed by atoms with Crippen molar-refractivity contribution >= 4 is 11.7 Å². The van der Waals surface area contributed by atoms with Crippen molar-refractivity contribution in [3.8, 4) is 0 Å². The maximum absolute atomic E-state index is 11.4. The van der Waals surface area contributed by atoms with E-state index < -0.39 is 0 Å². The molecule has 70 valence electrons. The van der Waals surface area contributed by atoms with E-state index in [2.05, 4.69) is 4.99 Å². The third-order valence-electron chi connectivity index (χ3n) is 1.61. The predicted molar refractivity (Wildman–Crippen MR) is 50.1 cm³/mol. The van der Waals surface area contributed by atoms with Gasteiger partial charge in [0.2, 0.25) is 5.91 Å². The van der Waals surface area contributed by atoms with Crippen LogP contribution in [-0.2, 0) is 4.79 Å². The topological polar surface area (TPSA) is 58.7 Å². The highest BCUT2D eigenvalue weighted by Gasteiger charge is 2.14. The van der Waals surface area contributed by atoms with Crippen molar-refractivity contribution in [2.24, 2.45) is 10.7 Å². The lowest BCUT2D eigenvalue weighted by Crippen LogP contribution is -2.34. The Morgan fingerprint density at radius 1 is 1.67 bits per heavy atom. The molecule has 0 aliphatic carbocycles. The summed E-state index contributed by atoms with van der Waals surface area (Å²) in [5.41, 5.74) is 5.35. The van der Waals surface area contributed by atoms with Crippen molar-refractivity contribution in [3.63, 3.8) is 0 Å². The molecule has 4 nitrogen and oxygen atoms in total. The third-order valence-corrected chi connectivity index (χ3v) is 1.61. The zero-order valence-electron chi connectivity index (χ0n) is 8.16. The molecule has 0 spiro atoms. The lowest BCUT2D eigenvalue weighted by Gasteiger charge is -2.16. The van der Waals surface area contributed by atoms with Gasteiger partial charge < -0.3 is 10.6 Å². The monoisotopic (exact) mass is 171 g/mol. The Balaban J connectivity index is 4.20. The molecule has 0 aromatic heterocycles. The summed E-state index contributed by atoms with van der Waals surface area (Å²) in [6, 6.07) is -0.361. The molecule has 0 fully saturated rings. The van der Waals surface area contributed by atoms with Crippen LogP contribution in [0.25, 0.3) is 0 Å². The molecule has 0 aliphatic rings. The van der Waals surface area contributed by atoms with Crippen LogP contribution in [0.2, 0.25) is 0 Å². The number of carbonyl (C=O) groups excluding carboxylic acids is 1. The second kappa shape index (κ2) is 4.74. The Hall–Kier alpha value is -1.06. The highest BCUT2D eigenvalue weighted by Crippen LogP contribution is 1.95. The van der Waals surface area contributed by atoms with Crippen LogP contribution in [0.5, 0.6) is 0 Å². The molecule has 0 aliphatic heterocycles. The molecule has 0 rings (SSSR count). The minimum atomic E-state index is -0.361. The second-order valence-corrected chi connectivity index (χ2v) is 2.80. The van der Waals surface area contributed by atoms with E-state index in [-0.39, 0.29) is 11.9 Å². The fourth-order valence-corrected chi connectivity index (χ4v) is 0.835. The number of amidine groups is 1. The first-order valence-electron chi connectivity index (χ1n) is 4.03. The van der Waals surface area contributed by atoms with Crippen LogP contribution in [0.15, 0.2) is 4.99 Å². The summed E-state index contributed by atoms with van der Waals surface area (Å²) in [6.07, 6.45) is 0. The number of amides is 1. The van der Waals surface area contributed by atoms with Gasteiger partial charge in [-0.15, -0.1) is 0 Å². The first-order valence-corrected chi connectivity index (χ1v) is 4.03. The Labute approximate surface area is 73.5 Å². The molecular weight excluding hydrogens is 154 g/mol. The molecule has 0 bridgehead atoms. The summed E-state index contributed by atoms with van der Waals surface area (Å²) in [4.78, 5) is 16.9. The molecule has 0 saturated carbocycles. The van der Waals surface area contributed by atoms with Crippen LogP contribution in [-0.4, -0.2) is 36.3 Å². The van der Waals surface area contributed by atoms with Crippen LogP contribution in [0.3, 0.4) is 0 Å². The van der Waals surface area contributed by atoms with E-state index in [1.807, 2.05) is 6.92 Å². The van der Waals surface area contributed by atoms with Gasteiger partial charge in [0, 0.05) is 13.6 Å². The third kappa shape index (κ3) is 3.37. The normalized spacial score (nSPS) is 14.2. The van der Waals surface area contributed by atoms with E-state index in [0.29, 0.717) is 12.4 Å². The van der Waals surface area contributed by atoms with Crippen molar-refractivity contribution in [2.75, 3.05) is 13.6 Å². The van der Waals surface area contributed by atoms with E-state index in [1.54, 1.807) is 25.8 Å². The molecule has 0 aromatic carbocycles. The van der Waals surface area contributed by atoms with E-state index in [1.165, 1.54) is 0 Å². The molecule has 2 N–H and O–H groups in total. The number of hydrogen-bond donors (Lipinski definition) is 1. The molecule has 0 radical (unpaired) electrons. The lowest BCUT2D eigenvalue weighted by atomic mass is 10.3. The van der Waals surface area contributed by atoms with Crippen molar-refractivity contribution in [3.05, 3.63) is 0 Å². The van der Waals surface area contributed by atoms with E-state index in [9.17, 15) is 4.79 Å². The van der Waals surface area contributed by atoms with Crippen molar-refractivity contribution in [1.82, 2.24) is 4.90 Å². The first kappa shape index (κ1) is 10.9. The van der Waals surface area contributed by atoms with E-state index >= 15 is 0 Å². The second-order valence-electron chi connectivity index (χ2n) is 2.80. The number of nitrogens with two attached hydrogens (primary N) is 1. The summed E-state index contributed by atoms with van der Waals surface area (Å²) in [5, 5.41) is 0. The first-order chi connectivity index (χ1) is 5.49. The van der Waals surface area contributed by atoms with Gasteiger partial charge in [0.1, 0.15) is 6.04 Å². The van der Waals surface area contributed by atoms with Crippen LogP contribution >= 0.6 is 0 Å². The van der Waals surface area contributed by atoms with Gasteiger partial charge in [-0.25, -0.2) is 0 Å². The SMILES string of the molecule is CCN(C)C(=O)C(C)N=C(C)N. The molecule has 1 unspecified atom stereocenters. The van der Waals surface area contributed by atoms with Crippen molar-refractivity contribution in [2.45, 2.75) is 26.8 Å². The Kier molecular flexibility index (Phi) is 4.33. The van der Waals surface area contributed by atoms with Gasteiger partial charge in [-0.1, -0.05) is 0 Å². The zero-order valence-corrected chi connectivity index (χ0v) is 8.16. The maximum Gasteiger partial charge on any atom is 0.246 e. The van der Waals surface area contributed by atoms with Gasteiger partial charge >= 0.3 is 0 Å². The Morgan fingerprint density at radius 3 is 2.50 bits per heavy atom. The predicted octanol–water partition coefficient (Wildman–Crippen LogP) is 0.230. The molecular formula is C8H17N3O. The number of hydrogen-bond acceptors (Lipinski definition) is 2. The van der Waals surface area contributed by atoms with E-state index in [0.717, 1.165) is 0 Å². The molecule has 0 heterocycles. The average molecular weight is 171 g/mol. The molecule has 1 atom stereocenters. The molecule has 0 aromatic rings. The fraction of sp³-hybridized carbons (Fsp3) is 0.750. The number of nitrogens with zero attached hydrogens (tertiary/aromatic N) is 2. The Bertz CT molecular complexity index is 185. The van der Waals surface area contributed by atoms with Gasteiger partial charge in [0.05, 0.1) is 5.84 Å². The van der Waals surface area contributed by atoms with Gasteiger partial charge in [-0.2, -0.15) is 0 Å². The summed E-state index contributed by atoms with van der Waals surface area (Å²) in [7, 11) is 1.75. The van der Waals surface area contributed by atoms with Crippen molar-refractivity contribution in [1.29, 1.82) is 0 Å². The van der Waals surface area contributed by atoms with Crippen LogP contribution in [0.4, 0.5) is 0 Å². The fourth-order valence-electron chi connectivity index (χ4n) is 0.835. The zero-order chi connectivity index (χ0) is 9.72. The van der Waals surface area contributed by atoms with Crippen LogP contribution < -0.4 is 5.73 Å². The van der Waals surface area contributed by atoms with Crippen LogP contribution in [0, 0.1) is 0 Å². The lowest BCUT2D eigenvalue weighted by molar-refractivity contribution is -0.130. The molecule has 0 saturated heterocycles. The molecule has 1 amide bonds. The van der Waals surface area contributed by atoms with Gasteiger partial charge in [0.15, 0.2) is 0 Å². The summed E-state index contributed by atoms with van der Waals surface area (Å²) in [6.45, 7) is 6.03. The maximum atomic E-state index is 11.4. The van der Waals surface area contributed by atoms with Gasteiger partial charge in [0.25, 0.3) is 0 Å². The number of aliphatic imine (C=N–C) groups is 1. The standard InChI is InChI=1S/C8H17N3O/c1-5-11(4)8(12)6(2)10-7(3)9/h6H,5H2,1-4H3,(H2,9,10). The summed E-state index contributed by atoms with van der Waals surface area (Å²) < 4.78 is 0. The van der Waals surface area contributed by atoms with E-state index in [4.69, 9.17) is 5.73 Å². The number of carbonyl (C=O) groups is 1. The Morgan fingerprint density at radius 2 is 2.17 bits per heavy atom. The summed E-state index contributed by atoms with van der Waals surface area (Å²) in [5.74, 6) is 0.447. The largest absolute Gasteiger partial charge is 0.388 e. The molecule has 4 heteroatoms. The van der Waals surface area contributed by atoms with Gasteiger partial charge in [-0.3, -0.25) is 9.79 Å². The van der Waals surface area contributed by atoms with Gasteiger partial charge in [-0.05, 0) is 20.8 Å². The smallest absolute Gasteiger partial charge is 0.246 e. The highest BCUT2D eigenvalue weighted by molar-refractivity contribution is 5.86. The average Bonchev–Trinajstić information content (AvgIpc) is 2.00.